The molecule has 0 unspecified atom stereocenters. The smallest absolute Gasteiger partial charge is 0.497 e. The number of benzene rings is 2. The first-order valence-corrected chi connectivity index (χ1v) is 7.79. The van der Waals surface area contributed by atoms with Crippen LogP contribution in [-0.4, -0.2) is 25.8 Å². The Morgan fingerprint density at radius 3 is 1.88 bits per heavy atom. The second-order valence-corrected chi connectivity index (χ2v) is 5.65. The SMILES string of the molecule is COc1ccc(C(=O)Oc2ccc(OC(=O)OCC(C)C)cc2)cc1. The summed E-state index contributed by atoms with van der Waals surface area (Å²) in [6, 6.07) is 12.7. The summed E-state index contributed by atoms with van der Waals surface area (Å²) >= 11 is 0. The van der Waals surface area contributed by atoms with Crippen molar-refractivity contribution in [1.82, 2.24) is 0 Å². The summed E-state index contributed by atoms with van der Waals surface area (Å²) in [6.45, 7) is 4.15. The van der Waals surface area contributed by atoms with Crippen LogP contribution in [0.25, 0.3) is 0 Å². The zero-order chi connectivity index (χ0) is 18.2. The highest BCUT2D eigenvalue weighted by atomic mass is 16.7. The summed E-state index contributed by atoms with van der Waals surface area (Å²) < 4.78 is 20.2. The molecule has 0 N–H and O–H groups in total. The van der Waals surface area contributed by atoms with Crippen LogP contribution >= 0.6 is 0 Å². The quantitative estimate of drug-likeness (QED) is 0.447. The lowest BCUT2D eigenvalue weighted by atomic mass is 10.2. The molecule has 6 heteroatoms. The molecule has 0 heterocycles. The Hall–Kier alpha value is -3.02. The van der Waals surface area contributed by atoms with Crippen molar-refractivity contribution in [2.45, 2.75) is 13.8 Å². The van der Waals surface area contributed by atoms with Gasteiger partial charge in [0.05, 0.1) is 19.3 Å². The average molecular weight is 344 g/mol. The standard InChI is InChI=1S/C19H20O6/c1-13(2)12-23-19(21)25-17-10-8-16(9-11-17)24-18(20)14-4-6-15(22-3)7-5-14/h4-11,13H,12H2,1-3H3. The highest BCUT2D eigenvalue weighted by Crippen LogP contribution is 2.20. The van der Waals surface area contributed by atoms with Gasteiger partial charge >= 0.3 is 12.1 Å². The second-order valence-electron chi connectivity index (χ2n) is 5.65. The summed E-state index contributed by atoms with van der Waals surface area (Å²) in [5, 5.41) is 0. The topological polar surface area (TPSA) is 71.1 Å². The first kappa shape index (κ1) is 18.3. The van der Waals surface area contributed by atoms with Crippen molar-refractivity contribution >= 4 is 12.1 Å². The van der Waals surface area contributed by atoms with Crippen LogP contribution in [0.1, 0.15) is 24.2 Å². The third kappa shape index (κ3) is 5.84. The van der Waals surface area contributed by atoms with Crippen LogP contribution in [0.2, 0.25) is 0 Å². The monoisotopic (exact) mass is 344 g/mol. The molecule has 0 aliphatic heterocycles. The van der Waals surface area contributed by atoms with E-state index in [0.717, 1.165) is 0 Å². The Kier molecular flexibility index (Phi) is 6.39. The number of rotatable bonds is 6. The van der Waals surface area contributed by atoms with Crippen LogP contribution in [0.4, 0.5) is 4.79 Å². The zero-order valence-electron chi connectivity index (χ0n) is 14.4. The molecule has 0 spiro atoms. The van der Waals surface area contributed by atoms with E-state index in [1.165, 1.54) is 24.3 Å². The van der Waals surface area contributed by atoms with E-state index in [2.05, 4.69) is 0 Å². The number of methoxy groups -OCH3 is 1. The van der Waals surface area contributed by atoms with Gasteiger partial charge in [0.25, 0.3) is 0 Å². The molecule has 0 saturated carbocycles. The summed E-state index contributed by atoms with van der Waals surface area (Å²) in [6.07, 6.45) is -0.767. The highest BCUT2D eigenvalue weighted by molar-refractivity contribution is 5.91. The Balaban J connectivity index is 1.90. The van der Waals surface area contributed by atoms with Gasteiger partial charge in [-0.15, -0.1) is 0 Å². The van der Waals surface area contributed by atoms with E-state index in [9.17, 15) is 9.59 Å². The molecule has 2 rings (SSSR count). The van der Waals surface area contributed by atoms with Crippen molar-refractivity contribution in [3.8, 4) is 17.2 Å². The van der Waals surface area contributed by atoms with Crippen molar-refractivity contribution < 1.29 is 28.5 Å². The van der Waals surface area contributed by atoms with Crippen molar-refractivity contribution in [3.05, 3.63) is 54.1 Å². The molecule has 0 aromatic heterocycles. The second kappa shape index (κ2) is 8.73. The van der Waals surface area contributed by atoms with Crippen molar-refractivity contribution in [1.29, 1.82) is 0 Å². The van der Waals surface area contributed by atoms with E-state index in [1.807, 2.05) is 13.8 Å². The summed E-state index contributed by atoms with van der Waals surface area (Å²) in [5.41, 5.74) is 0.401. The Morgan fingerprint density at radius 1 is 0.840 bits per heavy atom. The number of carbonyl (C=O) groups is 2. The van der Waals surface area contributed by atoms with E-state index in [-0.39, 0.29) is 12.5 Å². The maximum Gasteiger partial charge on any atom is 0.513 e. The largest absolute Gasteiger partial charge is 0.513 e. The van der Waals surface area contributed by atoms with Gasteiger partial charge in [-0.25, -0.2) is 9.59 Å². The Morgan fingerprint density at radius 2 is 1.36 bits per heavy atom. The fraction of sp³-hybridized carbons (Fsp3) is 0.263. The Bertz CT molecular complexity index is 704. The number of hydrogen-bond donors (Lipinski definition) is 0. The molecule has 0 aliphatic rings. The molecule has 2 aromatic carbocycles. The molecule has 0 radical (unpaired) electrons. The van der Waals surface area contributed by atoms with Crippen LogP contribution < -0.4 is 14.2 Å². The maximum absolute atomic E-state index is 12.1. The molecule has 0 atom stereocenters. The van der Waals surface area contributed by atoms with Crippen LogP contribution in [0.15, 0.2) is 48.5 Å². The van der Waals surface area contributed by atoms with Crippen molar-refractivity contribution in [2.75, 3.05) is 13.7 Å². The lowest BCUT2D eigenvalue weighted by Crippen LogP contribution is -2.14. The van der Waals surface area contributed by atoms with Gasteiger partial charge in [-0.2, -0.15) is 0 Å². The van der Waals surface area contributed by atoms with Crippen LogP contribution in [0.5, 0.6) is 17.2 Å². The molecule has 0 amide bonds. The first-order chi connectivity index (χ1) is 12.0. The van der Waals surface area contributed by atoms with E-state index >= 15 is 0 Å². The van der Waals surface area contributed by atoms with Crippen LogP contribution in [0.3, 0.4) is 0 Å². The summed E-state index contributed by atoms with van der Waals surface area (Å²) in [4.78, 5) is 23.5. The zero-order valence-corrected chi connectivity index (χ0v) is 14.4. The number of hydrogen-bond acceptors (Lipinski definition) is 6. The molecule has 0 bridgehead atoms. The average Bonchev–Trinajstić information content (AvgIpc) is 2.61. The van der Waals surface area contributed by atoms with E-state index in [0.29, 0.717) is 22.8 Å². The summed E-state index contributed by atoms with van der Waals surface area (Å²) in [5.74, 6) is 1.03. The van der Waals surface area contributed by atoms with E-state index in [4.69, 9.17) is 18.9 Å². The van der Waals surface area contributed by atoms with Gasteiger partial charge in [0.1, 0.15) is 17.2 Å². The molecule has 6 nitrogen and oxygen atoms in total. The van der Waals surface area contributed by atoms with Gasteiger partial charge < -0.3 is 18.9 Å². The number of ether oxygens (including phenoxy) is 4. The minimum Gasteiger partial charge on any atom is -0.497 e. The minimum atomic E-state index is -0.767. The fourth-order valence-electron chi connectivity index (χ4n) is 1.83. The van der Waals surface area contributed by atoms with Gasteiger partial charge in [-0.05, 0) is 54.4 Å². The fourth-order valence-corrected chi connectivity index (χ4v) is 1.83. The predicted molar refractivity (Wildman–Crippen MR) is 91.2 cm³/mol. The van der Waals surface area contributed by atoms with E-state index in [1.54, 1.807) is 31.4 Å². The lowest BCUT2D eigenvalue weighted by molar-refractivity contribution is 0.0733. The maximum atomic E-state index is 12.1. The number of carbonyl (C=O) groups excluding carboxylic acids is 2. The van der Waals surface area contributed by atoms with Gasteiger partial charge in [0.15, 0.2) is 0 Å². The molecule has 0 aliphatic carbocycles. The molecule has 0 fully saturated rings. The molecule has 132 valence electrons. The molecule has 2 aromatic rings. The first-order valence-electron chi connectivity index (χ1n) is 7.79. The van der Waals surface area contributed by atoms with Crippen molar-refractivity contribution in [3.63, 3.8) is 0 Å². The van der Waals surface area contributed by atoms with E-state index < -0.39 is 12.1 Å². The van der Waals surface area contributed by atoms with Crippen LogP contribution in [-0.2, 0) is 4.74 Å². The normalized spacial score (nSPS) is 10.2. The van der Waals surface area contributed by atoms with Gasteiger partial charge in [0.2, 0.25) is 0 Å². The molecule has 0 saturated heterocycles. The van der Waals surface area contributed by atoms with Crippen LogP contribution in [0, 0.1) is 5.92 Å². The predicted octanol–water partition coefficient (Wildman–Crippen LogP) is 4.09. The molecular formula is C19H20O6. The minimum absolute atomic E-state index is 0.229. The molecule has 25 heavy (non-hydrogen) atoms. The highest BCUT2D eigenvalue weighted by Gasteiger charge is 2.10. The Labute approximate surface area is 146 Å². The number of esters is 1. The molecular weight excluding hydrogens is 324 g/mol. The van der Waals surface area contributed by atoms with Gasteiger partial charge in [0, 0.05) is 0 Å². The lowest BCUT2D eigenvalue weighted by Gasteiger charge is -2.08. The van der Waals surface area contributed by atoms with Gasteiger partial charge in [-0.1, -0.05) is 13.8 Å². The summed E-state index contributed by atoms with van der Waals surface area (Å²) in [7, 11) is 1.55. The van der Waals surface area contributed by atoms with Crippen molar-refractivity contribution in [2.24, 2.45) is 5.92 Å². The van der Waals surface area contributed by atoms with Gasteiger partial charge in [-0.3, -0.25) is 0 Å². The third-order valence-corrected chi connectivity index (χ3v) is 3.10. The third-order valence-electron chi connectivity index (χ3n) is 3.10.